The lowest BCUT2D eigenvalue weighted by Gasteiger charge is -2.13. The SMILES string of the molecule is CC(OC(=O)c1cc(Br)ccc1Cl)C(=O)Nc1nc(-c2cccc([N+](=O)[O-])c2)cs1. The number of halogens is 2. The van der Waals surface area contributed by atoms with Gasteiger partial charge in [-0.3, -0.25) is 20.2 Å². The van der Waals surface area contributed by atoms with Gasteiger partial charge in [0.1, 0.15) is 0 Å². The molecule has 1 heterocycles. The third kappa shape index (κ3) is 5.21. The van der Waals surface area contributed by atoms with Gasteiger partial charge in [0.2, 0.25) is 0 Å². The number of nitro benzene ring substituents is 1. The van der Waals surface area contributed by atoms with Crippen molar-refractivity contribution in [3.8, 4) is 11.3 Å². The van der Waals surface area contributed by atoms with Gasteiger partial charge in [-0.15, -0.1) is 11.3 Å². The number of carbonyl (C=O) groups is 2. The highest BCUT2D eigenvalue weighted by atomic mass is 79.9. The second-order valence-electron chi connectivity index (χ2n) is 6.01. The van der Waals surface area contributed by atoms with Crippen LogP contribution in [0.1, 0.15) is 17.3 Å². The average molecular weight is 511 g/mol. The summed E-state index contributed by atoms with van der Waals surface area (Å²) in [6.45, 7) is 1.42. The molecule has 8 nitrogen and oxygen atoms in total. The first-order chi connectivity index (χ1) is 14.2. The molecule has 3 rings (SSSR count). The lowest BCUT2D eigenvalue weighted by molar-refractivity contribution is -0.384. The van der Waals surface area contributed by atoms with Crippen molar-refractivity contribution in [2.24, 2.45) is 0 Å². The van der Waals surface area contributed by atoms with E-state index in [1.807, 2.05) is 0 Å². The van der Waals surface area contributed by atoms with Crippen LogP contribution >= 0.6 is 38.9 Å². The largest absolute Gasteiger partial charge is 0.449 e. The zero-order valence-electron chi connectivity index (χ0n) is 15.3. The zero-order valence-corrected chi connectivity index (χ0v) is 18.5. The molecule has 154 valence electrons. The summed E-state index contributed by atoms with van der Waals surface area (Å²) < 4.78 is 5.83. The molecule has 1 unspecified atom stereocenters. The van der Waals surface area contributed by atoms with E-state index in [0.29, 0.717) is 15.7 Å². The highest BCUT2D eigenvalue weighted by Gasteiger charge is 2.22. The number of benzene rings is 2. The van der Waals surface area contributed by atoms with Crippen LogP contribution < -0.4 is 5.32 Å². The molecule has 0 bridgehead atoms. The number of nitro groups is 1. The number of thiazole rings is 1. The van der Waals surface area contributed by atoms with E-state index in [4.69, 9.17) is 16.3 Å². The minimum Gasteiger partial charge on any atom is -0.449 e. The Bertz CT molecular complexity index is 1140. The molecule has 2 aromatic carbocycles. The van der Waals surface area contributed by atoms with E-state index in [1.165, 1.54) is 31.2 Å². The standard InChI is InChI=1S/C19H13BrClN3O5S/c1-10(29-18(26)14-8-12(20)5-6-15(14)21)17(25)23-19-22-16(9-30-19)11-3-2-4-13(7-11)24(27)28/h2-10H,1H3,(H,22,23,25). The van der Waals surface area contributed by atoms with E-state index < -0.39 is 22.9 Å². The number of esters is 1. The minimum atomic E-state index is -1.10. The molecular weight excluding hydrogens is 498 g/mol. The highest BCUT2D eigenvalue weighted by Crippen LogP contribution is 2.28. The fourth-order valence-electron chi connectivity index (χ4n) is 2.38. The topological polar surface area (TPSA) is 111 Å². The Balaban J connectivity index is 1.66. The summed E-state index contributed by atoms with van der Waals surface area (Å²) in [7, 11) is 0. The predicted molar refractivity (Wildman–Crippen MR) is 117 cm³/mol. The third-order valence-corrected chi connectivity index (χ3v) is 5.47. The number of ether oxygens (including phenoxy) is 1. The number of anilines is 1. The van der Waals surface area contributed by atoms with Crippen LogP contribution in [0.15, 0.2) is 52.3 Å². The average Bonchev–Trinajstić information content (AvgIpc) is 3.18. The molecular formula is C19H13BrClN3O5S. The first kappa shape index (κ1) is 21.9. The van der Waals surface area contributed by atoms with Gasteiger partial charge in [-0.05, 0) is 25.1 Å². The zero-order chi connectivity index (χ0) is 21.8. The van der Waals surface area contributed by atoms with Gasteiger partial charge in [0.15, 0.2) is 11.2 Å². The van der Waals surface area contributed by atoms with Crippen LogP contribution in [-0.4, -0.2) is 27.9 Å². The third-order valence-electron chi connectivity index (χ3n) is 3.89. The van der Waals surface area contributed by atoms with Gasteiger partial charge in [0.25, 0.3) is 11.6 Å². The molecule has 0 aliphatic carbocycles. The van der Waals surface area contributed by atoms with Crippen LogP contribution in [0.4, 0.5) is 10.8 Å². The van der Waals surface area contributed by atoms with Crippen molar-refractivity contribution in [1.29, 1.82) is 0 Å². The van der Waals surface area contributed by atoms with E-state index in [0.717, 1.165) is 11.3 Å². The Morgan fingerprint density at radius 3 is 2.80 bits per heavy atom. The predicted octanol–water partition coefficient (Wildman–Crippen LogP) is 5.32. The summed E-state index contributed by atoms with van der Waals surface area (Å²) in [5.41, 5.74) is 1.10. The molecule has 1 amide bonds. The van der Waals surface area contributed by atoms with E-state index >= 15 is 0 Å². The molecule has 3 aromatic rings. The molecule has 0 fully saturated rings. The summed E-state index contributed by atoms with van der Waals surface area (Å²) in [5.74, 6) is -1.31. The van der Waals surface area contributed by atoms with Gasteiger partial charge in [-0.1, -0.05) is 39.7 Å². The van der Waals surface area contributed by atoms with Crippen molar-refractivity contribution in [3.05, 3.63) is 73.0 Å². The molecule has 0 aliphatic heterocycles. The van der Waals surface area contributed by atoms with Crippen LogP contribution in [0, 0.1) is 10.1 Å². The van der Waals surface area contributed by atoms with E-state index in [2.05, 4.69) is 26.2 Å². The number of non-ortho nitro benzene ring substituents is 1. The molecule has 0 spiro atoms. The van der Waals surface area contributed by atoms with Crippen molar-refractivity contribution in [1.82, 2.24) is 4.98 Å². The maximum absolute atomic E-state index is 12.4. The smallest absolute Gasteiger partial charge is 0.340 e. The summed E-state index contributed by atoms with van der Waals surface area (Å²) >= 11 is 10.4. The molecule has 0 radical (unpaired) electrons. The summed E-state index contributed by atoms with van der Waals surface area (Å²) in [4.78, 5) is 39.3. The lowest BCUT2D eigenvalue weighted by atomic mass is 10.1. The van der Waals surface area contributed by atoms with E-state index in [9.17, 15) is 19.7 Å². The summed E-state index contributed by atoms with van der Waals surface area (Å²) in [6.07, 6.45) is -1.10. The van der Waals surface area contributed by atoms with Gasteiger partial charge in [0.05, 0.1) is 21.2 Å². The fourth-order valence-corrected chi connectivity index (χ4v) is 3.66. The quantitative estimate of drug-likeness (QED) is 0.273. The Labute approximate surface area is 188 Å². The number of amides is 1. The molecule has 1 N–H and O–H groups in total. The Kier molecular flexibility index (Phi) is 6.80. The maximum atomic E-state index is 12.4. The van der Waals surface area contributed by atoms with Crippen LogP contribution in [0.5, 0.6) is 0 Å². The molecule has 1 atom stereocenters. The number of hydrogen-bond acceptors (Lipinski definition) is 7. The normalized spacial score (nSPS) is 11.6. The lowest BCUT2D eigenvalue weighted by Crippen LogP contribution is -2.30. The molecule has 30 heavy (non-hydrogen) atoms. The van der Waals surface area contributed by atoms with E-state index in [1.54, 1.807) is 23.6 Å². The Hall–Kier alpha value is -2.82. The number of nitrogens with one attached hydrogen (secondary N) is 1. The molecule has 11 heteroatoms. The monoisotopic (exact) mass is 509 g/mol. The van der Waals surface area contributed by atoms with Gasteiger partial charge >= 0.3 is 5.97 Å². The first-order valence-corrected chi connectivity index (χ1v) is 10.5. The molecule has 1 aromatic heterocycles. The van der Waals surface area contributed by atoms with Crippen molar-refractivity contribution in [2.45, 2.75) is 13.0 Å². The van der Waals surface area contributed by atoms with Gasteiger partial charge in [0, 0.05) is 27.5 Å². The summed E-state index contributed by atoms with van der Waals surface area (Å²) in [5, 5.41) is 15.6. The van der Waals surface area contributed by atoms with Gasteiger partial charge in [-0.25, -0.2) is 9.78 Å². The first-order valence-electron chi connectivity index (χ1n) is 8.42. The summed E-state index contributed by atoms with van der Waals surface area (Å²) in [6, 6.07) is 10.7. The Morgan fingerprint density at radius 1 is 1.30 bits per heavy atom. The van der Waals surface area contributed by atoms with Gasteiger partial charge < -0.3 is 4.74 Å². The van der Waals surface area contributed by atoms with Crippen LogP contribution in [0.25, 0.3) is 11.3 Å². The number of hydrogen-bond donors (Lipinski definition) is 1. The molecule has 0 saturated carbocycles. The fraction of sp³-hybridized carbons (Fsp3) is 0.105. The van der Waals surface area contributed by atoms with Crippen molar-refractivity contribution >= 4 is 61.6 Å². The number of carbonyl (C=O) groups excluding carboxylic acids is 2. The number of aromatic nitrogens is 1. The molecule has 0 aliphatic rings. The second-order valence-corrected chi connectivity index (χ2v) is 8.19. The minimum absolute atomic E-state index is 0.0576. The van der Waals surface area contributed by atoms with Gasteiger partial charge in [-0.2, -0.15) is 0 Å². The van der Waals surface area contributed by atoms with Crippen molar-refractivity contribution in [2.75, 3.05) is 5.32 Å². The molecule has 0 saturated heterocycles. The number of nitrogens with zero attached hydrogens (tertiary/aromatic N) is 2. The second kappa shape index (κ2) is 9.33. The number of rotatable bonds is 6. The van der Waals surface area contributed by atoms with Crippen molar-refractivity contribution < 1.29 is 19.2 Å². The van der Waals surface area contributed by atoms with Crippen LogP contribution in [0.3, 0.4) is 0 Å². The van der Waals surface area contributed by atoms with Crippen LogP contribution in [-0.2, 0) is 9.53 Å². The van der Waals surface area contributed by atoms with E-state index in [-0.39, 0.29) is 21.4 Å². The van der Waals surface area contributed by atoms with Crippen molar-refractivity contribution in [3.63, 3.8) is 0 Å². The Morgan fingerprint density at radius 2 is 2.07 bits per heavy atom. The maximum Gasteiger partial charge on any atom is 0.340 e. The van der Waals surface area contributed by atoms with Crippen LogP contribution in [0.2, 0.25) is 5.02 Å². The highest BCUT2D eigenvalue weighted by molar-refractivity contribution is 9.10.